The molecule has 124 valence electrons. The number of carbonyl (C=O) groups excluding carboxylic acids is 1. The highest BCUT2D eigenvalue weighted by Gasteiger charge is 2.54. The second-order valence-electron chi connectivity index (χ2n) is 8.12. The number of hydrogen-bond donors (Lipinski definition) is 1. The largest absolute Gasteiger partial charge is 0.351 e. The molecule has 0 radical (unpaired) electrons. The summed E-state index contributed by atoms with van der Waals surface area (Å²) in [7, 11) is 0. The predicted molar refractivity (Wildman–Crippen MR) is 93.9 cm³/mol. The molecule has 0 spiro atoms. The van der Waals surface area contributed by atoms with Crippen LogP contribution in [0, 0.1) is 29.1 Å². The van der Waals surface area contributed by atoms with Gasteiger partial charge in [-0.05, 0) is 79.4 Å². The summed E-state index contributed by atoms with van der Waals surface area (Å²) in [4.78, 5) is 12.5. The Morgan fingerprint density at radius 3 is 2.30 bits per heavy atom. The van der Waals surface area contributed by atoms with E-state index in [0.717, 1.165) is 30.2 Å². The molecule has 4 heteroatoms. The lowest BCUT2D eigenvalue weighted by Gasteiger charge is -2.60. The molecule has 23 heavy (non-hydrogen) atoms. The van der Waals surface area contributed by atoms with Crippen molar-refractivity contribution in [2.24, 2.45) is 29.1 Å². The zero-order valence-corrected chi connectivity index (χ0v) is 15.0. The zero-order valence-electron chi connectivity index (χ0n) is 13.4. The van der Waals surface area contributed by atoms with Gasteiger partial charge >= 0.3 is 0 Å². The molecule has 0 unspecified atom stereocenters. The van der Waals surface area contributed by atoms with Crippen molar-refractivity contribution in [1.82, 2.24) is 5.32 Å². The van der Waals surface area contributed by atoms with Crippen LogP contribution in [0.5, 0.6) is 0 Å². The van der Waals surface area contributed by atoms with Crippen LogP contribution in [0.3, 0.4) is 0 Å². The van der Waals surface area contributed by atoms with E-state index in [4.69, 9.17) is 23.2 Å². The van der Waals surface area contributed by atoms with Crippen molar-refractivity contribution in [3.8, 4) is 0 Å². The first-order valence-corrected chi connectivity index (χ1v) is 9.44. The van der Waals surface area contributed by atoms with Crippen LogP contribution >= 0.6 is 23.2 Å². The molecule has 4 fully saturated rings. The van der Waals surface area contributed by atoms with E-state index < -0.39 is 0 Å². The first-order chi connectivity index (χ1) is 11.0. The van der Waals surface area contributed by atoms with Crippen molar-refractivity contribution in [3.63, 3.8) is 0 Å². The van der Waals surface area contributed by atoms with Crippen LogP contribution < -0.4 is 5.32 Å². The molecule has 4 aliphatic carbocycles. The lowest BCUT2D eigenvalue weighted by atomic mass is 9.46. The van der Waals surface area contributed by atoms with Crippen molar-refractivity contribution < 1.29 is 4.79 Å². The van der Waals surface area contributed by atoms with Crippen LogP contribution in [0.2, 0.25) is 10.0 Å². The first kappa shape index (κ1) is 15.8. The molecular formula is C19H23Cl2NO. The number of halogens is 2. The van der Waals surface area contributed by atoms with E-state index in [0.29, 0.717) is 15.6 Å². The average molecular weight is 352 g/mol. The Morgan fingerprint density at radius 1 is 1.13 bits per heavy atom. The molecule has 0 aromatic heterocycles. The Labute approximate surface area is 147 Å². The second kappa shape index (κ2) is 5.67. The van der Waals surface area contributed by atoms with Crippen LogP contribution in [0.25, 0.3) is 0 Å². The molecular weight excluding hydrogens is 329 g/mol. The number of carbonyl (C=O) groups is 1. The summed E-state index contributed by atoms with van der Waals surface area (Å²) in [5.74, 6) is 3.38. The van der Waals surface area contributed by atoms with Crippen LogP contribution in [-0.4, -0.2) is 12.5 Å². The topological polar surface area (TPSA) is 29.1 Å². The lowest BCUT2D eigenvalue weighted by molar-refractivity contribution is -0.0955. The maximum absolute atomic E-state index is 12.5. The maximum Gasteiger partial charge on any atom is 0.252 e. The second-order valence-corrected chi connectivity index (χ2v) is 8.96. The van der Waals surface area contributed by atoms with E-state index in [1.807, 2.05) is 0 Å². The minimum atomic E-state index is -0.0818. The van der Waals surface area contributed by atoms with Crippen LogP contribution in [0.4, 0.5) is 0 Å². The third kappa shape index (κ3) is 2.68. The Bertz CT molecular complexity index is 614. The summed E-state index contributed by atoms with van der Waals surface area (Å²) in [5, 5.41) is 4.14. The van der Waals surface area contributed by atoms with Gasteiger partial charge in [0.05, 0.1) is 10.6 Å². The lowest BCUT2D eigenvalue weighted by Crippen LogP contribution is -2.55. The maximum atomic E-state index is 12.5. The van der Waals surface area contributed by atoms with Crippen LogP contribution in [-0.2, 0) is 0 Å². The molecule has 1 amide bonds. The van der Waals surface area contributed by atoms with Gasteiger partial charge in [-0.15, -0.1) is 0 Å². The van der Waals surface area contributed by atoms with E-state index in [-0.39, 0.29) is 11.3 Å². The molecule has 1 aromatic rings. The molecule has 0 atom stereocenters. The molecule has 4 bridgehead atoms. The van der Waals surface area contributed by atoms with Gasteiger partial charge in [0, 0.05) is 11.6 Å². The minimum Gasteiger partial charge on any atom is -0.351 e. The standard InChI is InChI=1S/C19H23Cl2NO/c1-19(13-5-11-4-12(7-13)8-14(19)6-11)10-22-18(23)16-3-2-15(20)9-17(16)21/h2-3,9,11-14H,4-8,10H2,1H3,(H,22,23). The molecule has 0 aliphatic heterocycles. The minimum absolute atomic E-state index is 0.0818. The smallest absolute Gasteiger partial charge is 0.252 e. The third-order valence-corrected chi connectivity index (χ3v) is 7.36. The summed E-state index contributed by atoms with van der Waals surface area (Å²) in [6.45, 7) is 3.16. The normalized spacial score (nSPS) is 37.9. The van der Waals surface area contributed by atoms with Gasteiger partial charge in [0.15, 0.2) is 0 Å². The van der Waals surface area contributed by atoms with Gasteiger partial charge in [0.1, 0.15) is 0 Å². The summed E-state index contributed by atoms with van der Waals surface area (Å²) in [6, 6.07) is 5.05. The van der Waals surface area contributed by atoms with Gasteiger partial charge in [-0.1, -0.05) is 30.1 Å². The average Bonchev–Trinajstić information content (AvgIpc) is 2.50. The highest BCUT2D eigenvalue weighted by Crippen LogP contribution is 2.61. The Hall–Kier alpha value is -0.730. The molecule has 4 aliphatic rings. The van der Waals surface area contributed by atoms with Gasteiger partial charge in [0.25, 0.3) is 5.91 Å². The molecule has 0 saturated heterocycles. The monoisotopic (exact) mass is 351 g/mol. The highest BCUT2D eigenvalue weighted by atomic mass is 35.5. The SMILES string of the molecule is CC1(CNC(=O)c2ccc(Cl)cc2Cl)C2CC3CC(C2)CC1C3. The van der Waals surface area contributed by atoms with Crippen molar-refractivity contribution >= 4 is 29.1 Å². The number of rotatable bonds is 3. The fourth-order valence-corrected chi connectivity index (χ4v) is 6.08. The number of nitrogens with one attached hydrogen (secondary N) is 1. The highest BCUT2D eigenvalue weighted by molar-refractivity contribution is 6.36. The number of hydrogen-bond acceptors (Lipinski definition) is 1. The van der Waals surface area contributed by atoms with Gasteiger partial charge in [0.2, 0.25) is 0 Å². The van der Waals surface area contributed by atoms with E-state index in [1.165, 1.54) is 32.1 Å². The van der Waals surface area contributed by atoms with E-state index in [9.17, 15) is 4.79 Å². The van der Waals surface area contributed by atoms with Crippen molar-refractivity contribution in [2.45, 2.75) is 39.0 Å². The zero-order chi connectivity index (χ0) is 16.2. The molecule has 2 nitrogen and oxygen atoms in total. The van der Waals surface area contributed by atoms with E-state index >= 15 is 0 Å². The van der Waals surface area contributed by atoms with Gasteiger partial charge < -0.3 is 5.32 Å². The number of benzene rings is 1. The Kier molecular flexibility index (Phi) is 3.89. The summed E-state index contributed by atoms with van der Waals surface area (Å²) >= 11 is 12.1. The summed E-state index contributed by atoms with van der Waals surface area (Å²) < 4.78 is 0. The first-order valence-electron chi connectivity index (χ1n) is 8.69. The predicted octanol–water partition coefficient (Wildman–Crippen LogP) is 5.19. The van der Waals surface area contributed by atoms with Crippen molar-refractivity contribution in [3.05, 3.63) is 33.8 Å². The Morgan fingerprint density at radius 2 is 1.74 bits per heavy atom. The van der Waals surface area contributed by atoms with Gasteiger partial charge in [-0.3, -0.25) is 4.79 Å². The number of amides is 1. The fraction of sp³-hybridized carbons (Fsp3) is 0.632. The molecule has 5 rings (SSSR count). The molecule has 4 saturated carbocycles. The van der Waals surface area contributed by atoms with Crippen molar-refractivity contribution in [2.75, 3.05) is 6.54 Å². The Balaban J connectivity index is 1.47. The molecule has 1 N–H and O–H groups in total. The quantitative estimate of drug-likeness (QED) is 0.797. The van der Waals surface area contributed by atoms with Gasteiger partial charge in [-0.2, -0.15) is 0 Å². The van der Waals surface area contributed by atoms with Crippen LogP contribution in [0.1, 0.15) is 49.4 Å². The van der Waals surface area contributed by atoms with Crippen LogP contribution in [0.15, 0.2) is 18.2 Å². The molecule has 1 aromatic carbocycles. The summed E-state index contributed by atoms with van der Waals surface area (Å²) in [5.41, 5.74) is 0.769. The summed E-state index contributed by atoms with van der Waals surface area (Å²) in [6.07, 6.45) is 6.90. The van der Waals surface area contributed by atoms with Crippen molar-refractivity contribution in [1.29, 1.82) is 0 Å². The third-order valence-electron chi connectivity index (χ3n) is 6.81. The van der Waals surface area contributed by atoms with E-state index in [1.54, 1.807) is 18.2 Å². The van der Waals surface area contributed by atoms with E-state index in [2.05, 4.69) is 12.2 Å². The van der Waals surface area contributed by atoms with Gasteiger partial charge in [-0.25, -0.2) is 0 Å². The fourth-order valence-electron chi connectivity index (χ4n) is 5.59. The molecule has 0 heterocycles.